The third-order valence-electron chi connectivity index (χ3n) is 3.55. The van der Waals surface area contributed by atoms with Crippen molar-refractivity contribution in [2.75, 3.05) is 13.1 Å². The molecule has 1 heterocycles. The Hall–Kier alpha value is -0.450. The summed E-state index contributed by atoms with van der Waals surface area (Å²) >= 11 is 3.42. The third kappa shape index (κ3) is 2.87. The van der Waals surface area contributed by atoms with Gasteiger partial charge < -0.3 is 5.73 Å². The zero-order chi connectivity index (χ0) is 12.4. The molecule has 1 fully saturated rings. The van der Waals surface area contributed by atoms with E-state index < -0.39 is 0 Å². The molecule has 0 aromatic heterocycles. The van der Waals surface area contributed by atoms with E-state index in [0.29, 0.717) is 18.5 Å². The summed E-state index contributed by atoms with van der Waals surface area (Å²) in [6.45, 7) is 4.53. The SMILES string of the molecule is CC1CC(CN)CN1Cc1c(F)cccc1Br. The molecule has 1 saturated heterocycles. The average Bonchev–Trinajstić information content (AvgIpc) is 2.65. The van der Waals surface area contributed by atoms with Crippen LogP contribution >= 0.6 is 15.9 Å². The van der Waals surface area contributed by atoms with Gasteiger partial charge in [-0.2, -0.15) is 0 Å². The molecular formula is C13H18BrFN2. The van der Waals surface area contributed by atoms with Gasteiger partial charge in [0.25, 0.3) is 0 Å². The first-order valence-electron chi connectivity index (χ1n) is 5.98. The minimum atomic E-state index is -0.136. The molecule has 2 unspecified atom stereocenters. The Morgan fingerprint density at radius 3 is 2.88 bits per heavy atom. The zero-order valence-corrected chi connectivity index (χ0v) is 11.6. The van der Waals surface area contributed by atoms with Gasteiger partial charge in [0.2, 0.25) is 0 Å². The van der Waals surface area contributed by atoms with E-state index >= 15 is 0 Å². The Morgan fingerprint density at radius 2 is 2.29 bits per heavy atom. The van der Waals surface area contributed by atoms with Gasteiger partial charge in [0.05, 0.1) is 0 Å². The molecule has 1 aliphatic heterocycles. The number of nitrogens with zero attached hydrogens (tertiary/aromatic N) is 1. The standard InChI is InChI=1S/C13H18BrFN2/c1-9-5-10(6-16)7-17(9)8-11-12(14)3-2-4-13(11)15/h2-4,9-10H,5-8,16H2,1H3. The summed E-state index contributed by atoms with van der Waals surface area (Å²) in [5.41, 5.74) is 6.45. The van der Waals surface area contributed by atoms with Crippen molar-refractivity contribution < 1.29 is 4.39 Å². The fraction of sp³-hybridized carbons (Fsp3) is 0.538. The van der Waals surface area contributed by atoms with Gasteiger partial charge in [-0.05, 0) is 37.9 Å². The first-order valence-corrected chi connectivity index (χ1v) is 6.78. The largest absolute Gasteiger partial charge is 0.330 e. The lowest BCUT2D eigenvalue weighted by Crippen LogP contribution is -2.28. The van der Waals surface area contributed by atoms with Crippen LogP contribution in [0.15, 0.2) is 22.7 Å². The highest BCUT2D eigenvalue weighted by atomic mass is 79.9. The Bertz CT molecular complexity index is 377. The average molecular weight is 301 g/mol. The summed E-state index contributed by atoms with van der Waals surface area (Å²) < 4.78 is 14.6. The van der Waals surface area contributed by atoms with E-state index in [2.05, 4.69) is 27.8 Å². The molecule has 0 bridgehead atoms. The summed E-state index contributed by atoms with van der Waals surface area (Å²) in [6, 6.07) is 5.61. The van der Waals surface area contributed by atoms with Crippen molar-refractivity contribution in [1.29, 1.82) is 0 Å². The molecule has 1 aromatic carbocycles. The molecule has 17 heavy (non-hydrogen) atoms. The van der Waals surface area contributed by atoms with Crippen LogP contribution in [0.5, 0.6) is 0 Å². The smallest absolute Gasteiger partial charge is 0.128 e. The fourth-order valence-electron chi connectivity index (χ4n) is 2.50. The monoisotopic (exact) mass is 300 g/mol. The van der Waals surface area contributed by atoms with Gasteiger partial charge in [0.15, 0.2) is 0 Å². The van der Waals surface area contributed by atoms with Gasteiger partial charge in [-0.25, -0.2) is 4.39 Å². The molecule has 0 amide bonds. The van der Waals surface area contributed by atoms with Gasteiger partial charge in [-0.15, -0.1) is 0 Å². The Balaban J connectivity index is 2.11. The van der Waals surface area contributed by atoms with Crippen LogP contribution < -0.4 is 5.73 Å². The summed E-state index contributed by atoms with van der Waals surface area (Å²) in [6.07, 6.45) is 1.11. The van der Waals surface area contributed by atoms with Gasteiger partial charge in [-0.3, -0.25) is 4.90 Å². The molecule has 2 nitrogen and oxygen atoms in total. The summed E-state index contributed by atoms with van der Waals surface area (Å²) in [5, 5.41) is 0. The summed E-state index contributed by atoms with van der Waals surface area (Å²) in [5.74, 6) is 0.415. The van der Waals surface area contributed by atoms with E-state index in [0.717, 1.165) is 29.5 Å². The topological polar surface area (TPSA) is 29.3 Å². The van der Waals surface area contributed by atoms with Gasteiger partial charge in [0.1, 0.15) is 5.82 Å². The molecule has 0 saturated carbocycles. The lowest BCUT2D eigenvalue weighted by molar-refractivity contribution is 0.252. The maximum Gasteiger partial charge on any atom is 0.128 e. The molecule has 0 aliphatic carbocycles. The van der Waals surface area contributed by atoms with E-state index in [1.54, 1.807) is 6.07 Å². The van der Waals surface area contributed by atoms with Crippen LogP contribution in [-0.2, 0) is 6.54 Å². The quantitative estimate of drug-likeness (QED) is 0.930. The van der Waals surface area contributed by atoms with Crippen LogP contribution in [0.4, 0.5) is 4.39 Å². The van der Waals surface area contributed by atoms with E-state index in [9.17, 15) is 4.39 Å². The van der Waals surface area contributed by atoms with Gasteiger partial charge in [0, 0.05) is 29.2 Å². The number of nitrogens with two attached hydrogens (primary N) is 1. The van der Waals surface area contributed by atoms with E-state index in [4.69, 9.17) is 5.73 Å². The number of likely N-dealkylation sites (tertiary alicyclic amines) is 1. The second kappa shape index (κ2) is 5.46. The number of rotatable bonds is 3. The highest BCUT2D eigenvalue weighted by Gasteiger charge is 2.28. The molecule has 0 spiro atoms. The summed E-state index contributed by atoms with van der Waals surface area (Å²) in [4.78, 5) is 2.31. The van der Waals surface area contributed by atoms with Gasteiger partial charge in [-0.1, -0.05) is 22.0 Å². The highest BCUT2D eigenvalue weighted by Crippen LogP contribution is 2.27. The molecule has 0 radical (unpaired) electrons. The van der Waals surface area contributed by atoms with Crippen molar-refractivity contribution in [2.45, 2.75) is 25.9 Å². The maximum absolute atomic E-state index is 13.7. The molecule has 2 N–H and O–H groups in total. The molecule has 4 heteroatoms. The number of hydrogen-bond acceptors (Lipinski definition) is 2. The molecule has 94 valence electrons. The fourth-order valence-corrected chi connectivity index (χ4v) is 2.96. The Labute approximate surface area is 110 Å². The van der Waals surface area contributed by atoms with Crippen LogP contribution in [0.3, 0.4) is 0 Å². The van der Waals surface area contributed by atoms with Crippen molar-refractivity contribution in [2.24, 2.45) is 11.7 Å². The molecule has 1 aromatic rings. The second-order valence-corrected chi connectivity index (χ2v) is 5.67. The van der Waals surface area contributed by atoms with Gasteiger partial charge >= 0.3 is 0 Å². The van der Waals surface area contributed by atoms with Crippen LogP contribution in [0, 0.1) is 11.7 Å². The third-order valence-corrected chi connectivity index (χ3v) is 4.29. The van der Waals surface area contributed by atoms with Crippen molar-refractivity contribution in [3.8, 4) is 0 Å². The van der Waals surface area contributed by atoms with Crippen LogP contribution in [0.2, 0.25) is 0 Å². The normalized spacial score (nSPS) is 25.4. The van der Waals surface area contributed by atoms with E-state index in [-0.39, 0.29) is 5.82 Å². The van der Waals surface area contributed by atoms with Crippen LogP contribution in [0.1, 0.15) is 18.9 Å². The Morgan fingerprint density at radius 1 is 1.53 bits per heavy atom. The predicted molar refractivity (Wildman–Crippen MR) is 71.1 cm³/mol. The van der Waals surface area contributed by atoms with E-state index in [1.165, 1.54) is 6.07 Å². The van der Waals surface area contributed by atoms with Crippen LogP contribution in [0.25, 0.3) is 0 Å². The molecule has 2 rings (SSSR count). The zero-order valence-electron chi connectivity index (χ0n) is 10.00. The number of halogens is 2. The minimum Gasteiger partial charge on any atom is -0.330 e. The van der Waals surface area contributed by atoms with Crippen molar-refractivity contribution >= 4 is 15.9 Å². The van der Waals surface area contributed by atoms with E-state index in [1.807, 2.05) is 6.07 Å². The first-order chi connectivity index (χ1) is 8.11. The first kappa shape index (κ1) is 13.0. The maximum atomic E-state index is 13.7. The Kier molecular flexibility index (Phi) is 4.17. The molecular weight excluding hydrogens is 283 g/mol. The lowest BCUT2D eigenvalue weighted by atomic mass is 10.1. The number of hydrogen-bond donors (Lipinski definition) is 1. The second-order valence-electron chi connectivity index (χ2n) is 4.82. The molecule has 2 atom stereocenters. The predicted octanol–water partition coefficient (Wildman–Crippen LogP) is 2.76. The summed E-state index contributed by atoms with van der Waals surface area (Å²) in [7, 11) is 0. The van der Waals surface area contributed by atoms with Crippen molar-refractivity contribution in [3.63, 3.8) is 0 Å². The van der Waals surface area contributed by atoms with Crippen LogP contribution in [-0.4, -0.2) is 24.0 Å². The minimum absolute atomic E-state index is 0.136. The van der Waals surface area contributed by atoms with Crippen molar-refractivity contribution in [1.82, 2.24) is 4.90 Å². The highest BCUT2D eigenvalue weighted by molar-refractivity contribution is 9.10. The number of benzene rings is 1. The lowest BCUT2D eigenvalue weighted by Gasteiger charge is -2.22. The molecule has 1 aliphatic rings. The van der Waals surface area contributed by atoms with Crippen molar-refractivity contribution in [3.05, 3.63) is 34.1 Å².